The summed E-state index contributed by atoms with van der Waals surface area (Å²) >= 11 is 0. The summed E-state index contributed by atoms with van der Waals surface area (Å²) in [6, 6.07) is 9.78. The summed E-state index contributed by atoms with van der Waals surface area (Å²) in [6.45, 7) is 7.38. The summed E-state index contributed by atoms with van der Waals surface area (Å²) in [5.41, 5.74) is 2.57. The number of amides is 1. The van der Waals surface area contributed by atoms with Crippen molar-refractivity contribution >= 4 is 11.9 Å². The topological polar surface area (TPSA) is 73.2 Å². The van der Waals surface area contributed by atoms with E-state index < -0.39 is 12.1 Å². The number of carbonyl (C=O) groups excluding carboxylic acids is 2. The smallest absolute Gasteiger partial charge is 0.342 e. The van der Waals surface area contributed by atoms with Gasteiger partial charge in [0.2, 0.25) is 0 Å². The molecule has 1 saturated carbocycles. The van der Waals surface area contributed by atoms with E-state index in [-0.39, 0.29) is 11.9 Å². The zero-order valence-corrected chi connectivity index (χ0v) is 17.1. The molecule has 0 radical (unpaired) electrons. The molecule has 1 amide bonds. The lowest BCUT2D eigenvalue weighted by Gasteiger charge is -2.30. The average Bonchev–Trinajstić information content (AvgIpc) is 2.98. The first-order valence-corrected chi connectivity index (χ1v) is 10.0. The minimum atomic E-state index is -0.847. The predicted octanol–water partition coefficient (Wildman–Crippen LogP) is 3.73. The van der Waals surface area contributed by atoms with E-state index in [1.807, 2.05) is 37.3 Å². The van der Waals surface area contributed by atoms with Crippen LogP contribution in [0.2, 0.25) is 0 Å². The quantitative estimate of drug-likeness (QED) is 0.799. The van der Waals surface area contributed by atoms with E-state index in [0.717, 1.165) is 24.9 Å². The molecule has 28 heavy (non-hydrogen) atoms. The van der Waals surface area contributed by atoms with Crippen LogP contribution in [-0.4, -0.2) is 33.8 Å². The van der Waals surface area contributed by atoms with E-state index in [9.17, 15) is 9.59 Å². The highest BCUT2D eigenvalue weighted by atomic mass is 16.5. The van der Waals surface area contributed by atoms with Crippen LogP contribution in [0.1, 0.15) is 61.3 Å². The lowest BCUT2D eigenvalue weighted by Crippen LogP contribution is -2.46. The van der Waals surface area contributed by atoms with Crippen LogP contribution in [-0.2, 0) is 9.53 Å². The fraction of sp³-hybridized carbons (Fsp3) is 0.500. The predicted molar refractivity (Wildman–Crippen MR) is 107 cm³/mol. The first kappa shape index (κ1) is 20.1. The third-order valence-corrected chi connectivity index (χ3v) is 5.59. The van der Waals surface area contributed by atoms with Crippen LogP contribution in [0.5, 0.6) is 0 Å². The molecule has 1 aliphatic rings. The Morgan fingerprint density at radius 3 is 2.54 bits per heavy atom. The summed E-state index contributed by atoms with van der Waals surface area (Å²) in [6.07, 6.45) is 3.59. The first-order chi connectivity index (χ1) is 13.4. The Balaban J connectivity index is 1.69. The molecule has 1 fully saturated rings. The molecular formula is C22H29N3O3. The SMILES string of the molecule is Cc1nn(-c2ccccc2)c(C)c1C(=O)O[C@H](C)C(=O)N[C@@H]1CCCC[C@H]1C. The van der Waals surface area contributed by atoms with Gasteiger partial charge in [-0.2, -0.15) is 5.10 Å². The summed E-state index contributed by atoms with van der Waals surface area (Å²) in [4.78, 5) is 25.3. The van der Waals surface area contributed by atoms with Gasteiger partial charge in [-0.05, 0) is 51.7 Å². The fourth-order valence-corrected chi connectivity index (χ4v) is 3.86. The van der Waals surface area contributed by atoms with E-state index in [1.54, 1.807) is 18.5 Å². The van der Waals surface area contributed by atoms with Crippen molar-refractivity contribution in [1.82, 2.24) is 15.1 Å². The summed E-state index contributed by atoms with van der Waals surface area (Å²) in [5, 5.41) is 7.52. The molecule has 0 spiro atoms. The van der Waals surface area contributed by atoms with Gasteiger partial charge < -0.3 is 10.1 Å². The number of para-hydroxylation sites is 1. The van der Waals surface area contributed by atoms with Crippen molar-refractivity contribution in [3.05, 3.63) is 47.3 Å². The lowest BCUT2D eigenvalue weighted by molar-refractivity contribution is -0.130. The van der Waals surface area contributed by atoms with Crippen molar-refractivity contribution in [3.63, 3.8) is 0 Å². The number of benzene rings is 1. The maximum Gasteiger partial charge on any atom is 0.342 e. The highest BCUT2D eigenvalue weighted by Gasteiger charge is 2.28. The van der Waals surface area contributed by atoms with E-state index >= 15 is 0 Å². The van der Waals surface area contributed by atoms with Crippen LogP contribution in [0.3, 0.4) is 0 Å². The Hall–Kier alpha value is -2.63. The van der Waals surface area contributed by atoms with Crippen LogP contribution in [0.25, 0.3) is 5.69 Å². The van der Waals surface area contributed by atoms with Gasteiger partial charge >= 0.3 is 5.97 Å². The Morgan fingerprint density at radius 1 is 1.18 bits per heavy atom. The molecule has 150 valence electrons. The summed E-state index contributed by atoms with van der Waals surface area (Å²) in [7, 11) is 0. The maximum atomic E-state index is 12.7. The third-order valence-electron chi connectivity index (χ3n) is 5.59. The molecule has 0 bridgehead atoms. The number of carbonyl (C=O) groups is 2. The van der Waals surface area contributed by atoms with Crippen molar-refractivity contribution in [2.75, 3.05) is 0 Å². The van der Waals surface area contributed by atoms with Crippen molar-refractivity contribution in [1.29, 1.82) is 0 Å². The molecule has 0 aliphatic heterocycles. The van der Waals surface area contributed by atoms with Crippen molar-refractivity contribution in [3.8, 4) is 5.69 Å². The standard InChI is InChI=1S/C22H29N3O3/c1-14-10-8-9-13-19(14)23-21(26)17(4)28-22(27)20-15(2)24-25(16(20)3)18-11-6-5-7-12-18/h5-7,11-12,14,17,19H,8-10,13H2,1-4H3,(H,23,26)/t14-,17-,19-/m1/s1. The van der Waals surface area contributed by atoms with Crippen LogP contribution in [0.4, 0.5) is 0 Å². The molecule has 3 rings (SSSR count). The van der Waals surface area contributed by atoms with Gasteiger partial charge in [-0.15, -0.1) is 0 Å². The zero-order valence-electron chi connectivity index (χ0n) is 17.1. The summed E-state index contributed by atoms with van der Waals surface area (Å²) in [5.74, 6) is -0.302. The second kappa shape index (κ2) is 8.59. The van der Waals surface area contributed by atoms with Gasteiger partial charge in [0, 0.05) is 6.04 Å². The molecule has 1 aromatic carbocycles. The van der Waals surface area contributed by atoms with E-state index in [2.05, 4.69) is 17.3 Å². The number of nitrogens with zero attached hydrogens (tertiary/aromatic N) is 2. The zero-order chi connectivity index (χ0) is 20.3. The highest BCUT2D eigenvalue weighted by Crippen LogP contribution is 2.24. The monoisotopic (exact) mass is 383 g/mol. The summed E-state index contributed by atoms with van der Waals surface area (Å²) < 4.78 is 7.20. The number of ether oxygens (including phenoxy) is 1. The Morgan fingerprint density at radius 2 is 1.86 bits per heavy atom. The normalized spacial score (nSPS) is 20.4. The van der Waals surface area contributed by atoms with Gasteiger partial charge in [0.15, 0.2) is 6.10 Å². The van der Waals surface area contributed by atoms with Crippen molar-refractivity contribution < 1.29 is 14.3 Å². The largest absolute Gasteiger partial charge is 0.449 e. The second-order valence-corrected chi connectivity index (χ2v) is 7.72. The van der Waals surface area contributed by atoms with Crippen LogP contribution >= 0.6 is 0 Å². The molecule has 1 aromatic heterocycles. The van der Waals surface area contributed by atoms with E-state index in [4.69, 9.17) is 4.74 Å². The number of aromatic nitrogens is 2. The molecule has 0 saturated heterocycles. The van der Waals surface area contributed by atoms with Crippen LogP contribution in [0, 0.1) is 19.8 Å². The van der Waals surface area contributed by atoms with Gasteiger partial charge in [0.25, 0.3) is 5.91 Å². The third kappa shape index (κ3) is 4.26. The molecule has 2 aromatic rings. The molecule has 1 aliphatic carbocycles. The van der Waals surface area contributed by atoms with Gasteiger partial charge in [-0.1, -0.05) is 38.0 Å². The minimum Gasteiger partial charge on any atom is -0.449 e. The number of aryl methyl sites for hydroxylation is 1. The van der Waals surface area contributed by atoms with Crippen LogP contribution in [0.15, 0.2) is 30.3 Å². The molecule has 0 unspecified atom stereocenters. The molecule has 1 heterocycles. The van der Waals surface area contributed by atoms with Crippen LogP contribution < -0.4 is 5.32 Å². The molecule has 1 N–H and O–H groups in total. The fourth-order valence-electron chi connectivity index (χ4n) is 3.86. The number of rotatable bonds is 5. The molecule has 6 heteroatoms. The van der Waals surface area contributed by atoms with Gasteiger partial charge in [-0.3, -0.25) is 4.79 Å². The Bertz CT molecular complexity index is 844. The van der Waals surface area contributed by atoms with Gasteiger partial charge in [0.05, 0.1) is 17.1 Å². The van der Waals surface area contributed by atoms with E-state index in [0.29, 0.717) is 22.9 Å². The molecule has 6 nitrogen and oxygen atoms in total. The lowest BCUT2D eigenvalue weighted by atomic mass is 9.86. The number of esters is 1. The van der Waals surface area contributed by atoms with Gasteiger partial charge in [-0.25, -0.2) is 9.48 Å². The number of hydrogen-bond acceptors (Lipinski definition) is 4. The van der Waals surface area contributed by atoms with E-state index in [1.165, 1.54) is 6.42 Å². The Kier molecular flexibility index (Phi) is 6.17. The molecule has 3 atom stereocenters. The van der Waals surface area contributed by atoms with Crippen molar-refractivity contribution in [2.24, 2.45) is 5.92 Å². The maximum absolute atomic E-state index is 12.7. The van der Waals surface area contributed by atoms with Crippen molar-refractivity contribution in [2.45, 2.75) is 65.5 Å². The minimum absolute atomic E-state index is 0.159. The Labute approximate surface area is 166 Å². The molecular weight excluding hydrogens is 354 g/mol. The second-order valence-electron chi connectivity index (χ2n) is 7.72. The average molecular weight is 383 g/mol. The number of hydrogen-bond donors (Lipinski definition) is 1. The highest BCUT2D eigenvalue weighted by molar-refractivity contribution is 5.94. The number of nitrogens with one attached hydrogen (secondary N) is 1. The first-order valence-electron chi connectivity index (χ1n) is 10.0. The van der Waals surface area contributed by atoms with Gasteiger partial charge in [0.1, 0.15) is 5.56 Å².